The molecule has 0 saturated carbocycles. The molecule has 0 aliphatic carbocycles. The molecule has 0 unspecified atom stereocenters. The summed E-state index contributed by atoms with van der Waals surface area (Å²) in [6.45, 7) is 4.63. The zero-order chi connectivity index (χ0) is 28.8. The van der Waals surface area contributed by atoms with E-state index in [9.17, 15) is 29.1 Å². The van der Waals surface area contributed by atoms with Crippen LogP contribution in [0.4, 0.5) is 0 Å². The molecule has 4 atom stereocenters. The molecule has 0 aromatic carbocycles. The Bertz CT molecular complexity index is 948. The first-order valence-electron chi connectivity index (χ1n) is 13.4. The molecule has 2 rings (SSSR count). The molecular formula is C25H42N8O6. The van der Waals surface area contributed by atoms with E-state index < -0.39 is 41.8 Å². The molecule has 1 saturated heterocycles. The van der Waals surface area contributed by atoms with Crippen molar-refractivity contribution in [3.63, 3.8) is 0 Å². The van der Waals surface area contributed by atoms with Crippen LogP contribution in [0.15, 0.2) is 12.5 Å². The van der Waals surface area contributed by atoms with Crippen molar-refractivity contribution in [1.82, 2.24) is 36.6 Å². The van der Waals surface area contributed by atoms with Crippen LogP contribution in [0.1, 0.15) is 58.1 Å². The fourth-order valence-electron chi connectivity index (χ4n) is 4.27. The van der Waals surface area contributed by atoms with E-state index in [4.69, 9.17) is 5.73 Å². The van der Waals surface area contributed by atoms with Crippen LogP contribution < -0.4 is 32.3 Å². The van der Waals surface area contributed by atoms with Crippen LogP contribution in [0.5, 0.6) is 0 Å². The quantitative estimate of drug-likeness (QED) is 0.106. The molecule has 0 radical (unpaired) electrons. The number of carbonyl (C=O) groups is 5. The SMILES string of the molecule is CC(C)C[C@H](NC(=O)CNC(=O)[C@@H]1CCCN1)C(=O)N[C@@H](CCCCN)C(=O)N[C@@H](Cc1cnc[nH]1)C(=O)O. The summed E-state index contributed by atoms with van der Waals surface area (Å²) in [5, 5.41) is 23.1. The number of aliphatic carboxylic acids is 1. The van der Waals surface area contributed by atoms with E-state index in [-0.39, 0.29) is 37.3 Å². The van der Waals surface area contributed by atoms with Gasteiger partial charge in [-0.2, -0.15) is 0 Å². The third-order valence-electron chi connectivity index (χ3n) is 6.33. The van der Waals surface area contributed by atoms with E-state index in [1.54, 1.807) is 0 Å². The van der Waals surface area contributed by atoms with Crippen LogP contribution in [-0.2, 0) is 30.4 Å². The number of carboxylic acids is 1. The highest BCUT2D eigenvalue weighted by atomic mass is 16.4. The van der Waals surface area contributed by atoms with Gasteiger partial charge in [0.1, 0.15) is 18.1 Å². The van der Waals surface area contributed by atoms with Gasteiger partial charge in [-0.3, -0.25) is 19.2 Å². The Morgan fingerprint density at radius 2 is 1.79 bits per heavy atom. The Hall–Kier alpha value is -3.52. The molecule has 1 aliphatic heterocycles. The molecule has 1 aromatic heterocycles. The van der Waals surface area contributed by atoms with E-state index in [0.717, 1.165) is 13.0 Å². The summed E-state index contributed by atoms with van der Waals surface area (Å²) >= 11 is 0. The maximum Gasteiger partial charge on any atom is 0.326 e. The number of hydrogen-bond donors (Lipinski definition) is 8. The molecule has 1 aromatic rings. The Labute approximate surface area is 228 Å². The minimum absolute atomic E-state index is 0.0152. The topological polar surface area (TPSA) is 220 Å². The molecule has 14 heteroatoms. The fraction of sp³-hybridized carbons (Fsp3) is 0.680. The molecule has 0 spiro atoms. The summed E-state index contributed by atoms with van der Waals surface area (Å²) in [7, 11) is 0. The van der Waals surface area contributed by atoms with Crippen molar-refractivity contribution in [3.8, 4) is 0 Å². The highest BCUT2D eigenvalue weighted by Gasteiger charge is 2.30. The van der Waals surface area contributed by atoms with E-state index in [1.807, 2.05) is 13.8 Å². The Balaban J connectivity index is 2.03. The van der Waals surface area contributed by atoms with E-state index >= 15 is 0 Å². The smallest absolute Gasteiger partial charge is 0.326 e. The van der Waals surface area contributed by atoms with Gasteiger partial charge in [-0.05, 0) is 57.5 Å². The average Bonchev–Trinajstić information content (AvgIpc) is 3.60. The fourth-order valence-corrected chi connectivity index (χ4v) is 4.27. The third-order valence-corrected chi connectivity index (χ3v) is 6.33. The van der Waals surface area contributed by atoms with Gasteiger partial charge in [0.05, 0.1) is 18.9 Å². The monoisotopic (exact) mass is 550 g/mol. The minimum Gasteiger partial charge on any atom is -0.480 e. The van der Waals surface area contributed by atoms with Crippen LogP contribution in [-0.4, -0.2) is 88.5 Å². The number of rotatable bonds is 17. The second-order valence-electron chi connectivity index (χ2n) is 10.1. The van der Waals surface area contributed by atoms with Gasteiger partial charge in [0.25, 0.3) is 0 Å². The van der Waals surface area contributed by atoms with Crippen LogP contribution >= 0.6 is 0 Å². The Kier molecular flexibility index (Phi) is 13.4. The molecule has 14 nitrogen and oxygen atoms in total. The number of nitrogens with one attached hydrogen (secondary N) is 6. The average molecular weight is 551 g/mol. The van der Waals surface area contributed by atoms with Gasteiger partial charge in [-0.15, -0.1) is 0 Å². The van der Waals surface area contributed by atoms with Crippen molar-refractivity contribution in [3.05, 3.63) is 18.2 Å². The minimum atomic E-state index is -1.24. The molecule has 9 N–H and O–H groups in total. The number of nitrogens with zero attached hydrogens (tertiary/aromatic N) is 1. The molecule has 218 valence electrons. The number of imidazole rings is 1. The first-order valence-corrected chi connectivity index (χ1v) is 13.4. The third kappa shape index (κ3) is 11.4. The van der Waals surface area contributed by atoms with Crippen molar-refractivity contribution in [2.45, 2.75) is 83.0 Å². The second kappa shape index (κ2) is 16.4. The van der Waals surface area contributed by atoms with E-state index in [0.29, 0.717) is 37.9 Å². The number of hydrogen-bond acceptors (Lipinski definition) is 8. The van der Waals surface area contributed by atoms with Gasteiger partial charge in [-0.1, -0.05) is 13.8 Å². The van der Waals surface area contributed by atoms with Crippen LogP contribution in [0.25, 0.3) is 0 Å². The molecule has 4 amide bonds. The summed E-state index contributed by atoms with van der Waals surface area (Å²) in [6.07, 6.45) is 6.11. The van der Waals surface area contributed by atoms with Gasteiger partial charge in [0.15, 0.2) is 0 Å². The highest BCUT2D eigenvalue weighted by Crippen LogP contribution is 2.09. The lowest BCUT2D eigenvalue weighted by molar-refractivity contribution is -0.142. The van der Waals surface area contributed by atoms with Gasteiger partial charge >= 0.3 is 5.97 Å². The lowest BCUT2D eigenvalue weighted by Crippen LogP contribution is -2.57. The van der Waals surface area contributed by atoms with Crippen molar-refractivity contribution >= 4 is 29.6 Å². The zero-order valence-electron chi connectivity index (χ0n) is 22.6. The van der Waals surface area contributed by atoms with Gasteiger partial charge < -0.3 is 42.4 Å². The number of aromatic amines is 1. The summed E-state index contributed by atoms with van der Waals surface area (Å²) in [4.78, 5) is 69.5. The maximum absolute atomic E-state index is 13.2. The standard InChI is InChI=1S/C25H42N8O6/c1-15(2)10-19(31-21(34)13-29-22(35)17-7-5-9-28-17)24(37)32-18(6-3-4-8-26)23(36)33-20(25(38)39)11-16-12-27-14-30-16/h12,14-15,17-20,28H,3-11,13,26H2,1-2H3,(H,27,30)(H,29,35)(H,31,34)(H,32,37)(H,33,36)(H,38,39)/t17-,18-,19-,20-/m0/s1. The van der Waals surface area contributed by atoms with E-state index in [2.05, 4.69) is 36.6 Å². The predicted octanol–water partition coefficient (Wildman–Crippen LogP) is -1.47. The Morgan fingerprint density at radius 3 is 2.38 bits per heavy atom. The van der Waals surface area contributed by atoms with Gasteiger partial charge in [0, 0.05) is 18.3 Å². The van der Waals surface area contributed by atoms with Gasteiger partial charge in [-0.25, -0.2) is 9.78 Å². The first-order chi connectivity index (χ1) is 18.6. The van der Waals surface area contributed by atoms with Crippen LogP contribution in [0.3, 0.4) is 0 Å². The number of aromatic nitrogens is 2. The van der Waals surface area contributed by atoms with Crippen LogP contribution in [0.2, 0.25) is 0 Å². The van der Waals surface area contributed by atoms with Crippen molar-refractivity contribution < 1.29 is 29.1 Å². The molecule has 39 heavy (non-hydrogen) atoms. The molecule has 0 bridgehead atoms. The predicted molar refractivity (Wildman–Crippen MR) is 142 cm³/mol. The number of H-pyrrole nitrogens is 1. The van der Waals surface area contributed by atoms with Gasteiger partial charge in [0.2, 0.25) is 23.6 Å². The Morgan fingerprint density at radius 1 is 1.08 bits per heavy atom. The largest absolute Gasteiger partial charge is 0.480 e. The number of unbranched alkanes of at least 4 members (excludes halogenated alkanes) is 1. The zero-order valence-corrected chi connectivity index (χ0v) is 22.6. The highest BCUT2D eigenvalue weighted by molar-refractivity contribution is 5.94. The molecule has 1 aliphatic rings. The summed E-state index contributed by atoms with van der Waals surface area (Å²) in [5.74, 6) is -3.23. The number of nitrogens with two attached hydrogens (primary N) is 1. The number of carboxylic acid groups (broad SMARTS) is 1. The van der Waals surface area contributed by atoms with Crippen molar-refractivity contribution in [2.75, 3.05) is 19.6 Å². The lowest BCUT2D eigenvalue weighted by Gasteiger charge is -2.25. The summed E-state index contributed by atoms with van der Waals surface area (Å²) in [6, 6.07) is -3.56. The van der Waals surface area contributed by atoms with Crippen LogP contribution in [0, 0.1) is 5.92 Å². The summed E-state index contributed by atoms with van der Waals surface area (Å²) < 4.78 is 0. The number of amides is 4. The normalized spacial score (nSPS) is 17.2. The first kappa shape index (κ1) is 31.7. The second-order valence-corrected chi connectivity index (χ2v) is 10.1. The van der Waals surface area contributed by atoms with Crippen molar-refractivity contribution in [2.24, 2.45) is 11.7 Å². The molecule has 1 fully saturated rings. The molecular weight excluding hydrogens is 508 g/mol. The lowest BCUT2D eigenvalue weighted by atomic mass is 10.0. The van der Waals surface area contributed by atoms with Crippen molar-refractivity contribution in [1.29, 1.82) is 0 Å². The van der Waals surface area contributed by atoms with E-state index in [1.165, 1.54) is 12.5 Å². The number of carbonyl (C=O) groups excluding carboxylic acids is 4. The summed E-state index contributed by atoms with van der Waals surface area (Å²) in [5.41, 5.74) is 6.11. The maximum atomic E-state index is 13.2. The molecule has 2 heterocycles.